The molecule has 0 radical (unpaired) electrons. The van der Waals surface area contributed by atoms with Crippen LogP contribution in [0, 0.1) is 0 Å². The fourth-order valence-electron chi connectivity index (χ4n) is 1.01. The zero-order valence-corrected chi connectivity index (χ0v) is 11.5. The van der Waals surface area contributed by atoms with E-state index in [0.29, 0.717) is 39.3 Å². The lowest BCUT2D eigenvalue weighted by Gasteiger charge is -2.11. The summed E-state index contributed by atoms with van der Waals surface area (Å²) < 4.78 is 30.9. The molecule has 0 atom stereocenters. The molecule has 0 bridgehead atoms. The first-order valence-electron chi connectivity index (χ1n) is 5.89. The molecule has 0 aromatic carbocycles. The quantitative estimate of drug-likeness (QED) is 0.431. The Morgan fingerprint density at radius 1 is 0.882 bits per heavy atom. The van der Waals surface area contributed by atoms with Crippen molar-refractivity contribution in [1.82, 2.24) is 0 Å². The van der Waals surface area contributed by atoms with Crippen molar-refractivity contribution in [1.29, 1.82) is 0 Å². The molecule has 0 aliphatic carbocycles. The largest absolute Gasteiger partial charge is 0.472 e. The van der Waals surface area contributed by atoms with Crippen molar-refractivity contribution >= 4 is 7.82 Å². The molecule has 0 unspecified atom stereocenters. The first-order valence-corrected chi connectivity index (χ1v) is 7.39. The van der Waals surface area contributed by atoms with E-state index in [2.05, 4.69) is 0 Å². The highest BCUT2D eigenvalue weighted by Crippen LogP contribution is 2.43. The minimum atomic E-state index is -3.90. The van der Waals surface area contributed by atoms with Gasteiger partial charge in [0, 0.05) is 26.4 Å². The Morgan fingerprint density at radius 2 is 1.29 bits per heavy atom. The third kappa shape index (κ3) is 12.3. The third-order valence-electron chi connectivity index (χ3n) is 1.78. The van der Waals surface area contributed by atoms with Gasteiger partial charge >= 0.3 is 7.82 Å². The van der Waals surface area contributed by atoms with Gasteiger partial charge in [-0.1, -0.05) is 0 Å². The molecular weight excluding hydrogens is 247 g/mol. The van der Waals surface area contributed by atoms with Crippen LogP contribution < -0.4 is 0 Å². The second-order valence-corrected chi connectivity index (χ2v) is 4.69. The molecule has 0 fully saturated rings. The molecule has 0 saturated carbocycles. The van der Waals surface area contributed by atoms with Crippen LogP contribution in [0.3, 0.4) is 0 Å². The summed E-state index contributed by atoms with van der Waals surface area (Å²) in [4.78, 5) is 9.26. The van der Waals surface area contributed by atoms with Crippen LogP contribution in [0.4, 0.5) is 0 Å². The van der Waals surface area contributed by atoms with E-state index in [0.717, 1.165) is 0 Å². The molecule has 0 aromatic rings. The molecule has 0 amide bonds. The molecule has 0 aliphatic rings. The number of ether oxygens (including phenoxy) is 2. The molecule has 0 spiro atoms. The monoisotopic (exact) mass is 270 g/mol. The molecule has 0 saturated heterocycles. The average molecular weight is 270 g/mol. The predicted octanol–water partition coefficient (Wildman–Crippen LogP) is 1.97. The Balaban J connectivity index is 3.42. The van der Waals surface area contributed by atoms with Crippen LogP contribution >= 0.6 is 7.82 Å². The number of hydrogen-bond acceptors (Lipinski definition) is 5. The van der Waals surface area contributed by atoms with Gasteiger partial charge in [-0.15, -0.1) is 0 Å². The van der Waals surface area contributed by atoms with Gasteiger partial charge in [-0.05, 0) is 26.7 Å². The van der Waals surface area contributed by atoms with Gasteiger partial charge in [-0.25, -0.2) is 4.57 Å². The van der Waals surface area contributed by atoms with Crippen LogP contribution in [0.15, 0.2) is 0 Å². The van der Waals surface area contributed by atoms with Crippen molar-refractivity contribution in [3.05, 3.63) is 0 Å². The molecule has 17 heavy (non-hydrogen) atoms. The summed E-state index contributed by atoms with van der Waals surface area (Å²) in [6, 6.07) is 0. The van der Waals surface area contributed by atoms with E-state index in [1.165, 1.54) is 0 Å². The molecule has 0 aromatic heterocycles. The van der Waals surface area contributed by atoms with Gasteiger partial charge in [0.2, 0.25) is 0 Å². The van der Waals surface area contributed by atoms with Crippen LogP contribution in [-0.2, 0) is 23.1 Å². The van der Waals surface area contributed by atoms with Crippen LogP contribution in [0.5, 0.6) is 0 Å². The van der Waals surface area contributed by atoms with Crippen molar-refractivity contribution in [3.63, 3.8) is 0 Å². The van der Waals surface area contributed by atoms with E-state index >= 15 is 0 Å². The summed E-state index contributed by atoms with van der Waals surface area (Å²) in [6.45, 7) is 6.37. The lowest BCUT2D eigenvalue weighted by molar-refractivity contribution is 0.0983. The maximum atomic E-state index is 11.3. The Kier molecular flexibility index (Phi) is 11.2. The maximum Gasteiger partial charge on any atom is 0.472 e. The van der Waals surface area contributed by atoms with Crippen molar-refractivity contribution < 1.29 is 28.0 Å². The number of phosphoric ester groups is 1. The second-order valence-electron chi connectivity index (χ2n) is 3.24. The summed E-state index contributed by atoms with van der Waals surface area (Å²) in [7, 11) is -3.90. The standard InChI is InChI=1S/C10H23O6P/c1-3-13-7-5-9-15-17(11,12)16-10-6-8-14-4-2/h3-10H2,1-2H3,(H,11,12). The Hall–Kier alpha value is 0.0300. The minimum absolute atomic E-state index is 0.152. The summed E-state index contributed by atoms with van der Waals surface area (Å²) >= 11 is 0. The van der Waals surface area contributed by atoms with Gasteiger partial charge in [0.25, 0.3) is 0 Å². The number of phosphoric acid groups is 1. The molecule has 7 heteroatoms. The highest BCUT2D eigenvalue weighted by Gasteiger charge is 2.19. The molecule has 6 nitrogen and oxygen atoms in total. The van der Waals surface area contributed by atoms with Gasteiger partial charge in [0.05, 0.1) is 13.2 Å². The minimum Gasteiger partial charge on any atom is -0.382 e. The fourth-order valence-corrected chi connectivity index (χ4v) is 1.80. The SMILES string of the molecule is CCOCCCOP(=O)(O)OCCCOCC. The lowest BCUT2D eigenvalue weighted by Crippen LogP contribution is -2.03. The molecule has 104 valence electrons. The zero-order chi connectivity index (χ0) is 13.0. The summed E-state index contributed by atoms with van der Waals surface area (Å²) in [6.07, 6.45) is 1.14. The second kappa shape index (κ2) is 11.1. The smallest absolute Gasteiger partial charge is 0.382 e. The lowest BCUT2D eigenvalue weighted by atomic mass is 10.5. The Bertz CT molecular complexity index is 193. The van der Waals surface area contributed by atoms with E-state index < -0.39 is 7.82 Å². The zero-order valence-electron chi connectivity index (χ0n) is 10.6. The normalized spacial score (nSPS) is 11.9. The van der Waals surface area contributed by atoms with Crippen LogP contribution in [0.25, 0.3) is 0 Å². The molecule has 0 rings (SSSR count). The van der Waals surface area contributed by atoms with Gasteiger partial charge < -0.3 is 14.4 Å². The Morgan fingerprint density at radius 3 is 1.65 bits per heavy atom. The summed E-state index contributed by atoms with van der Waals surface area (Å²) in [5.41, 5.74) is 0. The van der Waals surface area contributed by atoms with Crippen molar-refractivity contribution in [2.45, 2.75) is 26.7 Å². The summed E-state index contributed by atoms with van der Waals surface area (Å²) in [5, 5.41) is 0. The fraction of sp³-hybridized carbons (Fsp3) is 1.00. The molecular formula is C10H23O6P. The first-order chi connectivity index (χ1) is 8.12. The number of rotatable bonds is 12. The Labute approximate surface area is 103 Å². The van der Waals surface area contributed by atoms with Gasteiger partial charge in [0.1, 0.15) is 0 Å². The molecule has 0 aliphatic heterocycles. The van der Waals surface area contributed by atoms with E-state index in [9.17, 15) is 9.46 Å². The third-order valence-corrected chi connectivity index (χ3v) is 2.80. The highest BCUT2D eigenvalue weighted by molar-refractivity contribution is 7.47. The van der Waals surface area contributed by atoms with Gasteiger partial charge in [0.15, 0.2) is 0 Å². The van der Waals surface area contributed by atoms with Crippen LogP contribution in [-0.4, -0.2) is 44.5 Å². The number of hydrogen-bond donors (Lipinski definition) is 1. The van der Waals surface area contributed by atoms with Crippen molar-refractivity contribution in [2.24, 2.45) is 0 Å². The van der Waals surface area contributed by atoms with E-state index in [-0.39, 0.29) is 13.2 Å². The van der Waals surface area contributed by atoms with Crippen LogP contribution in [0.1, 0.15) is 26.7 Å². The topological polar surface area (TPSA) is 74.2 Å². The van der Waals surface area contributed by atoms with E-state index in [1.807, 2.05) is 13.8 Å². The van der Waals surface area contributed by atoms with Gasteiger partial charge in [-0.3, -0.25) is 9.05 Å². The first kappa shape index (κ1) is 17.0. The maximum absolute atomic E-state index is 11.3. The van der Waals surface area contributed by atoms with E-state index in [4.69, 9.17) is 18.5 Å². The van der Waals surface area contributed by atoms with Crippen molar-refractivity contribution in [2.75, 3.05) is 39.6 Å². The van der Waals surface area contributed by atoms with Crippen molar-refractivity contribution in [3.8, 4) is 0 Å². The summed E-state index contributed by atoms with van der Waals surface area (Å²) in [5.74, 6) is 0. The van der Waals surface area contributed by atoms with Gasteiger partial charge in [-0.2, -0.15) is 0 Å². The highest BCUT2D eigenvalue weighted by atomic mass is 31.2. The molecule has 1 N–H and O–H groups in total. The molecule has 0 heterocycles. The van der Waals surface area contributed by atoms with Crippen LogP contribution in [0.2, 0.25) is 0 Å². The average Bonchev–Trinajstić information content (AvgIpc) is 2.28. The predicted molar refractivity (Wildman–Crippen MR) is 63.9 cm³/mol. The van der Waals surface area contributed by atoms with E-state index in [1.54, 1.807) is 0 Å².